The van der Waals surface area contributed by atoms with Gasteiger partial charge in [-0.25, -0.2) is 13.8 Å². The Morgan fingerprint density at radius 3 is 2.91 bits per heavy atom. The van der Waals surface area contributed by atoms with Gasteiger partial charge in [0.25, 0.3) is 0 Å². The zero-order chi connectivity index (χ0) is 15.9. The third kappa shape index (κ3) is 2.71. The molecule has 1 atom stereocenters. The molecule has 8 heteroatoms. The van der Waals surface area contributed by atoms with Gasteiger partial charge in [0.1, 0.15) is 15.4 Å². The average molecular weight is 345 g/mol. The van der Waals surface area contributed by atoms with Crippen molar-refractivity contribution in [1.29, 1.82) is 0 Å². The van der Waals surface area contributed by atoms with Crippen molar-refractivity contribution in [2.24, 2.45) is 0 Å². The van der Waals surface area contributed by atoms with Crippen LogP contribution in [0.3, 0.4) is 0 Å². The zero-order valence-corrected chi connectivity index (χ0v) is 12.8. The van der Waals surface area contributed by atoms with Gasteiger partial charge < -0.3 is 5.11 Å². The smallest absolute Gasteiger partial charge is 0.325 e. The van der Waals surface area contributed by atoms with Crippen LogP contribution in [0.4, 0.5) is 8.78 Å². The van der Waals surface area contributed by atoms with Crippen molar-refractivity contribution in [2.75, 3.05) is 6.54 Å². The molecule has 1 aliphatic rings. The van der Waals surface area contributed by atoms with Crippen LogP contribution < -0.4 is 0 Å². The summed E-state index contributed by atoms with van der Waals surface area (Å²) in [6.45, 7) is 0.605. The molecule has 1 aromatic carbocycles. The highest BCUT2D eigenvalue weighted by molar-refractivity contribution is 7.15. The number of nitrogens with zero attached hydrogens (tertiary/aromatic N) is 2. The highest BCUT2D eigenvalue weighted by Crippen LogP contribution is 2.34. The Bertz CT molecular complexity index is 738. The van der Waals surface area contributed by atoms with E-state index >= 15 is 0 Å². The quantitative estimate of drug-likeness (QED) is 0.928. The molecule has 0 radical (unpaired) electrons. The lowest BCUT2D eigenvalue weighted by molar-refractivity contribution is -0.144. The first kappa shape index (κ1) is 15.3. The molecule has 0 aliphatic carbocycles. The van der Waals surface area contributed by atoms with Gasteiger partial charge in [-0.05, 0) is 23.6 Å². The molecule has 2 heterocycles. The van der Waals surface area contributed by atoms with Crippen molar-refractivity contribution in [3.63, 3.8) is 0 Å². The zero-order valence-electron chi connectivity index (χ0n) is 11.2. The van der Waals surface area contributed by atoms with E-state index in [0.29, 0.717) is 28.0 Å². The lowest BCUT2D eigenvalue weighted by Gasteiger charge is -2.34. The molecule has 1 N–H and O–H groups in total. The Morgan fingerprint density at radius 1 is 1.50 bits per heavy atom. The fourth-order valence-electron chi connectivity index (χ4n) is 2.69. The van der Waals surface area contributed by atoms with E-state index in [1.165, 1.54) is 23.6 Å². The number of fused-ring (bicyclic) bond motifs is 1. The molecule has 0 saturated carbocycles. The Labute approximate surface area is 134 Å². The lowest BCUT2D eigenvalue weighted by Crippen LogP contribution is -2.39. The number of aliphatic carboxylic acids is 1. The minimum absolute atomic E-state index is 0.140. The molecule has 1 aliphatic heterocycles. The van der Waals surface area contributed by atoms with E-state index < -0.39 is 23.6 Å². The lowest BCUT2D eigenvalue weighted by atomic mass is 9.92. The Hall–Kier alpha value is -1.57. The van der Waals surface area contributed by atoms with Gasteiger partial charge in [-0.3, -0.25) is 9.69 Å². The topological polar surface area (TPSA) is 53.4 Å². The summed E-state index contributed by atoms with van der Waals surface area (Å²) in [6.07, 6.45) is 1.76. The maximum absolute atomic E-state index is 13.9. The number of benzene rings is 1. The molecule has 4 nitrogen and oxygen atoms in total. The van der Waals surface area contributed by atoms with E-state index in [1.807, 2.05) is 0 Å². The van der Waals surface area contributed by atoms with Gasteiger partial charge in [0.05, 0.1) is 12.7 Å². The molecular weight excluding hydrogens is 334 g/mol. The summed E-state index contributed by atoms with van der Waals surface area (Å²) in [6, 6.07) is 1.28. The van der Waals surface area contributed by atoms with Crippen molar-refractivity contribution in [3.8, 4) is 0 Å². The van der Waals surface area contributed by atoms with Gasteiger partial charge in [-0.2, -0.15) is 0 Å². The first-order chi connectivity index (χ1) is 10.5. The molecule has 22 heavy (non-hydrogen) atoms. The predicted molar refractivity (Wildman–Crippen MR) is 78.0 cm³/mol. The molecule has 0 bridgehead atoms. The third-order valence-corrected chi connectivity index (χ3v) is 4.74. The average Bonchev–Trinajstić information content (AvgIpc) is 2.87. The number of thiazole rings is 1. The molecular formula is C14H11ClF2N2O2S. The summed E-state index contributed by atoms with van der Waals surface area (Å²) in [5, 5.41) is 10.2. The predicted octanol–water partition coefficient (Wildman–Crippen LogP) is 3.26. The van der Waals surface area contributed by atoms with Gasteiger partial charge in [-0.15, -0.1) is 11.3 Å². The van der Waals surface area contributed by atoms with Crippen LogP contribution in [0.25, 0.3) is 0 Å². The van der Waals surface area contributed by atoms with Crippen molar-refractivity contribution in [3.05, 3.63) is 50.4 Å². The molecule has 2 aromatic rings. The van der Waals surface area contributed by atoms with Crippen LogP contribution in [0.2, 0.25) is 4.34 Å². The Balaban J connectivity index is 1.96. The summed E-state index contributed by atoms with van der Waals surface area (Å²) in [5.74, 6) is -3.02. The number of rotatable bonds is 3. The maximum atomic E-state index is 13.9. The highest BCUT2D eigenvalue weighted by atomic mass is 35.5. The SMILES string of the molecule is O=C(O)C1c2ccc(F)c(F)c2CCN1Cc1ncc(Cl)s1. The van der Waals surface area contributed by atoms with E-state index in [1.54, 1.807) is 4.90 Å². The molecule has 0 fully saturated rings. The number of carboxylic acids is 1. The van der Waals surface area contributed by atoms with E-state index in [4.69, 9.17) is 11.6 Å². The highest BCUT2D eigenvalue weighted by Gasteiger charge is 2.35. The third-order valence-electron chi connectivity index (χ3n) is 3.64. The standard InChI is InChI=1S/C14H11ClF2N2O2S/c15-10-5-18-11(22-10)6-19-4-3-7-8(13(19)14(20)21)1-2-9(16)12(7)17/h1-2,5,13H,3-4,6H2,(H,20,21). The summed E-state index contributed by atoms with van der Waals surface area (Å²) in [4.78, 5) is 17.4. The second-order valence-corrected chi connectivity index (χ2v) is 6.70. The number of halogens is 3. The summed E-state index contributed by atoms with van der Waals surface area (Å²) in [7, 11) is 0. The van der Waals surface area contributed by atoms with E-state index in [0.717, 1.165) is 6.07 Å². The monoisotopic (exact) mass is 344 g/mol. The van der Waals surface area contributed by atoms with Crippen molar-refractivity contribution < 1.29 is 18.7 Å². The van der Waals surface area contributed by atoms with Crippen LogP contribution in [-0.2, 0) is 17.8 Å². The minimum Gasteiger partial charge on any atom is -0.480 e. The van der Waals surface area contributed by atoms with Crippen molar-refractivity contribution in [2.45, 2.75) is 19.0 Å². The molecule has 116 valence electrons. The van der Waals surface area contributed by atoms with Gasteiger partial charge in [-0.1, -0.05) is 17.7 Å². The molecule has 1 aromatic heterocycles. The number of hydrogen-bond donors (Lipinski definition) is 1. The Morgan fingerprint density at radius 2 is 2.27 bits per heavy atom. The van der Waals surface area contributed by atoms with Gasteiger partial charge in [0.15, 0.2) is 11.6 Å². The number of carbonyl (C=O) groups is 1. The van der Waals surface area contributed by atoms with Gasteiger partial charge >= 0.3 is 5.97 Å². The summed E-state index contributed by atoms with van der Waals surface area (Å²) >= 11 is 7.09. The van der Waals surface area contributed by atoms with Gasteiger partial charge in [0, 0.05) is 6.54 Å². The minimum atomic E-state index is -1.10. The van der Waals surface area contributed by atoms with Crippen LogP contribution in [0.1, 0.15) is 22.2 Å². The van der Waals surface area contributed by atoms with Crippen LogP contribution in [0.15, 0.2) is 18.3 Å². The molecule has 0 amide bonds. The normalized spacial score (nSPS) is 18.2. The molecule has 3 rings (SSSR count). The molecule has 0 saturated heterocycles. The van der Waals surface area contributed by atoms with Crippen molar-refractivity contribution >= 4 is 28.9 Å². The maximum Gasteiger partial charge on any atom is 0.325 e. The molecule has 1 unspecified atom stereocenters. The second-order valence-electron chi connectivity index (χ2n) is 4.95. The van der Waals surface area contributed by atoms with Crippen LogP contribution in [0.5, 0.6) is 0 Å². The van der Waals surface area contributed by atoms with Crippen LogP contribution in [-0.4, -0.2) is 27.5 Å². The van der Waals surface area contributed by atoms with E-state index in [-0.39, 0.29) is 12.0 Å². The fraction of sp³-hybridized carbons (Fsp3) is 0.286. The van der Waals surface area contributed by atoms with Gasteiger partial charge in [0.2, 0.25) is 0 Å². The molecule has 0 spiro atoms. The van der Waals surface area contributed by atoms with Crippen LogP contribution in [0, 0.1) is 11.6 Å². The Kier molecular flexibility index (Phi) is 4.12. The van der Waals surface area contributed by atoms with Crippen LogP contribution >= 0.6 is 22.9 Å². The van der Waals surface area contributed by atoms with E-state index in [2.05, 4.69) is 4.98 Å². The number of carboxylic acid groups (broad SMARTS) is 1. The fourth-order valence-corrected chi connectivity index (χ4v) is 3.68. The first-order valence-electron chi connectivity index (χ1n) is 6.51. The summed E-state index contributed by atoms with van der Waals surface area (Å²) < 4.78 is 27.7. The number of hydrogen-bond acceptors (Lipinski definition) is 4. The first-order valence-corrected chi connectivity index (χ1v) is 7.70. The van der Waals surface area contributed by atoms with Crippen molar-refractivity contribution in [1.82, 2.24) is 9.88 Å². The summed E-state index contributed by atoms with van der Waals surface area (Å²) in [5.41, 5.74) is 0.432. The van der Waals surface area contributed by atoms with E-state index in [9.17, 15) is 18.7 Å². The largest absolute Gasteiger partial charge is 0.480 e. The second kappa shape index (κ2) is 5.91. The number of aromatic nitrogens is 1.